The standard InChI is InChI=1S/C11H11N3O3/c1-12-6-9-7-17-11(13-9)8-3-2-4-10(5-8)14(15)16/h2-5,7,12H,6H2,1H3. The van der Waals surface area contributed by atoms with Crippen molar-refractivity contribution in [3.63, 3.8) is 0 Å². The lowest BCUT2D eigenvalue weighted by Crippen LogP contribution is -2.04. The first kappa shape index (κ1) is 11.3. The van der Waals surface area contributed by atoms with Gasteiger partial charge in [-0.25, -0.2) is 4.98 Å². The van der Waals surface area contributed by atoms with Gasteiger partial charge in [0.15, 0.2) is 0 Å². The predicted octanol–water partition coefficient (Wildman–Crippen LogP) is 1.97. The number of nitrogens with zero attached hydrogens (tertiary/aromatic N) is 2. The zero-order chi connectivity index (χ0) is 12.3. The minimum absolute atomic E-state index is 0.0240. The van der Waals surface area contributed by atoms with E-state index in [1.54, 1.807) is 12.1 Å². The molecule has 0 aliphatic carbocycles. The van der Waals surface area contributed by atoms with E-state index < -0.39 is 4.92 Å². The molecule has 0 aliphatic rings. The lowest BCUT2D eigenvalue weighted by atomic mass is 10.2. The zero-order valence-corrected chi connectivity index (χ0v) is 9.21. The maximum Gasteiger partial charge on any atom is 0.270 e. The Balaban J connectivity index is 2.32. The Morgan fingerprint density at radius 3 is 3.06 bits per heavy atom. The zero-order valence-electron chi connectivity index (χ0n) is 9.21. The van der Waals surface area contributed by atoms with Gasteiger partial charge in [-0.3, -0.25) is 10.1 Å². The van der Waals surface area contributed by atoms with Crippen LogP contribution in [0.2, 0.25) is 0 Å². The summed E-state index contributed by atoms with van der Waals surface area (Å²) in [5, 5.41) is 13.6. The topological polar surface area (TPSA) is 81.2 Å². The summed E-state index contributed by atoms with van der Waals surface area (Å²) < 4.78 is 5.26. The Hall–Kier alpha value is -2.21. The van der Waals surface area contributed by atoms with Crippen LogP contribution >= 0.6 is 0 Å². The number of rotatable bonds is 4. The Labute approximate surface area is 97.4 Å². The predicted molar refractivity (Wildman–Crippen MR) is 61.4 cm³/mol. The summed E-state index contributed by atoms with van der Waals surface area (Å²) in [4.78, 5) is 14.4. The fraction of sp³-hybridized carbons (Fsp3) is 0.182. The molecular formula is C11H11N3O3. The Bertz CT molecular complexity index is 536. The Morgan fingerprint density at radius 2 is 2.35 bits per heavy atom. The number of hydrogen-bond acceptors (Lipinski definition) is 5. The van der Waals surface area contributed by atoms with E-state index >= 15 is 0 Å². The second-order valence-corrected chi connectivity index (χ2v) is 3.48. The summed E-state index contributed by atoms with van der Waals surface area (Å²) in [6.07, 6.45) is 1.53. The maximum atomic E-state index is 10.6. The molecule has 0 saturated carbocycles. The van der Waals surface area contributed by atoms with Gasteiger partial charge in [-0.15, -0.1) is 0 Å². The highest BCUT2D eigenvalue weighted by Crippen LogP contribution is 2.23. The van der Waals surface area contributed by atoms with Crippen molar-refractivity contribution in [1.29, 1.82) is 0 Å². The number of hydrogen-bond donors (Lipinski definition) is 1. The number of nitro groups is 1. The number of nitro benzene ring substituents is 1. The van der Waals surface area contributed by atoms with E-state index in [-0.39, 0.29) is 5.69 Å². The highest BCUT2D eigenvalue weighted by molar-refractivity contribution is 5.57. The number of aromatic nitrogens is 1. The highest BCUT2D eigenvalue weighted by atomic mass is 16.6. The van der Waals surface area contributed by atoms with Gasteiger partial charge in [0.25, 0.3) is 5.69 Å². The van der Waals surface area contributed by atoms with Crippen LogP contribution < -0.4 is 5.32 Å². The second kappa shape index (κ2) is 4.75. The van der Waals surface area contributed by atoms with Gasteiger partial charge in [0.05, 0.1) is 10.6 Å². The van der Waals surface area contributed by atoms with Crippen molar-refractivity contribution in [1.82, 2.24) is 10.3 Å². The number of oxazole rings is 1. The third-order valence-corrected chi connectivity index (χ3v) is 2.21. The Morgan fingerprint density at radius 1 is 1.53 bits per heavy atom. The second-order valence-electron chi connectivity index (χ2n) is 3.48. The monoisotopic (exact) mass is 233 g/mol. The van der Waals surface area contributed by atoms with Crippen molar-refractivity contribution >= 4 is 5.69 Å². The van der Waals surface area contributed by atoms with E-state index in [9.17, 15) is 10.1 Å². The number of nitrogens with one attached hydrogen (secondary N) is 1. The van der Waals surface area contributed by atoms with E-state index in [1.165, 1.54) is 18.4 Å². The molecule has 0 saturated heterocycles. The van der Waals surface area contributed by atoms with E-state index in [1.807, 2.05) is 7.05 Å². The molecule has 0 spiro atoms. The molecule has 88 valence electrons. The van der Waals surface area contributed by atoms with Crippen LogP contribution in [0.5, 0.6) is 0 Å². The van der Waals surface area contributed by atoms with Gasteiger partial charge in [0.2, 0.25) is 5.89 Å². The van der Waals surface area contributed by atoms with Crippen molar-refractivity contribution in [2.24, 2.45) is 0 Å². The molecule has 0 amide bonds. The summed E-state index contributed by atoms with van der Waals surface area (Å²) in [5.74, 6) is 0.388. The SMILES string of the molecule is CNCc1coc(-c2cccc([N+](=O)[O-])c2)n1. The van der Waals surface area contributed by atoms with Crippen LogP contribution in [-0.2, 0) is 6.54 Å². The van der Waals surface area contributed by atoms with E-state index in [0.717, 1.165) is 5.69 Å². The van der Waals surface area contributed by atoms with Crippen LogP contribution in [0.25, 0.3) is 11.5 Å². The van der Waals surface area contributed by atoms with Crippen molar-refractivity contribution < 1.29 is 9.34 Å². The largest absolute Gasteiger partial charge is 0.444 e. The summed E-state index contributed by atoms with van der Waals surface area (Å²) in [6.45, 7) is 0.596. The van der Waals surface area contributed by atoms with E-state index in [2.05, 4.69) is 10.3 Å². The lowest BCUT2D eigenvalue weighted by Gasteiger charge is -1.95. The fourth-order valence-corrected chi connectivity index (χ4v) is 1.45. The molecule has 0 radical (unpaired) electrons. The van der Waals surface area contributed by atoms with Crippen molar-refractivity contribution in [3.8, 4) is 11.5 Å². The molecule has 1 aromatic carbocycles. The first-order valence-corrected chi connectivity index (χ1v) is 5.04. The third kappa shape index (κ3) is 2.48. The van der Waals surface area contributed by atoms with Gasteiger partial charge in [0, 0.05) is 24.2 Å². The van der Waals surface area contributed by atoms with Crippen LogP contribution in [0.4, 0.5) is 5.69 Å². The summed E-state index contributed by atoms with van der Waals surface area (Å²) >= 11 is 0. The smallest absolute Gasteiger partial charge is 0.270 e. The molecule has 0 unspecified atom stereocenters. The van der Waals surface area contributed by atoms with Crippen LogP contribution in [0.3, 0.4) is 0 Å². The molecule has 1 heterocycles. The molecule has 2 aromatic rings. The van der Waals surface area contributed by atoms with Gasteiger partial charge in [-0.05, 0) is 13.1 Å². The number of non-ortho nitro benzene ring substituents is 1. The molecule has 0 aliphatic heterocycles. The van der Waals surface area contributed by atoms with Crippen LogP contribution in [0, 0.1) is 10.1 Å². The minimum Gasteiger partial charge on any atom is -0.444 e. The van der Waals surface area contributed by atoms with E-state index in [0.29, 0.717) is 18.0 Å². The van der Waals surface area contributed by atoms with Gasteiger partial charge in [-0.2, -0.15) is 0 Å². The van der Waals surface area contributed by atoms with E-state index in [4.69, 9.17) is 4.42 Å². The molecule has 6 heteroatoms. The lowest BCUT2D eigenvalue weighted by molar-refractivity contribution is -0.384. The third-order valence-electron chi connectivity index (χ3n) is 2.21. The highest BCUT2D eigenvalue weighted by Gasteiger charge is 2.11. The summed E-state index contributed by atoms with van der Waals surface area (Å²) in [7, 11) is 1.81. The quantitative estimate of drug-likeness (QED) is 0.645. The summed E-state index contributed by atoms with van der Waals surface area (Å²) in [6, 6.07) is 6.20. The van der Waals surface area contributed by atoms with Crippen LogP contribution in [-0.4, -0.2) is 17.0 Å². The Kier molecular flexibility index (Phi) is 3.15. The van der Waals surface area contributed by atoms with Gasteiger partial charge < -0.3 is 9.73 Å². The minimum atomic E-state index is -0.444. The van der Waals surface area contributed by atoms with Crippen molar-refractivity contribution in [2.75, 3.05) is 7.05 Å². The molecule has 0 atom stereocenters. The first-order chi connectivity index (χ1) is 8.20. The van der Waals surface area contributed by atoms with Gasteiger partial charge in [0.1, 0.15) is 6.26 Å². The number of benzene rings is 1. The van der Waals surface area contributed by atoms with Crippen LogP contribution in [0.15, 0.2) is 34.9 Å². The van der Waals surface area contributed by atoms with Gasteiger partial charge in [-0.1, -0.05) is 6.07 Å². The molecule has 0 bridgehead atoms. The van der Waals surface area contributed by atoms with Crippen molar-refractivity contribution in [3.05, 3.63) is 46.3 Å². The molecule has 17 heavy (non-hydrogen) atoms. The summed E-state index contributed by atoms with van der Waals surface area (Å²) in [5.41, 5.74) is 1.38. The molecule has 0 fully saturated rings. The normalized spacial score (nSPS) is 10.4. The van der Waals surface area contributed by atoms with Crippen LogP contribution in [0.1, 0.15) is 5.69 Å². The molecule has 2 rings (SSSR count). The first-order valence-electron chi connectivity index (χ1n) is 5.04. The maximum absolute atomic E-state index is 10.6. The van der Waals surface area contributed by atoms with Crippen molar-refractivity contribution in [2.45, 2.75) is 6.54 Å². The average molecular weight is 233 g/mol. The molecule has 1 aromatic heterocycles. The van der Waals surface area contributed by atoms with Gasteiger partial charge >= 0.3 is 0 Å². The fourth-order valence-electron chi connectivity index (χ4n) is 1.45. The molecule has 6 nitrogen and oxygen atoms in total. The molecule has 1 N–H and O–H groups in total. The average Bonchev–Trinajstić information content (AvgIpc) is 2.78. The molecular weight excluding hydrogens is 222 g/mol.